The van der Waals surface area contributed by atoms with Crippen LogP contribution in [0.1, 0.15) is 18.4 Å². The number of rotatable bonds is 9. The summed E-state index contributed by atoms with van der Waals surface area (Å²) in [6.45, 7) is 4.76. The van der Waals surface area contributed by atoms with E-state index in [1.807, 2.05) is 12.1 Å². The number of aromatic nitrogens is 3. The number of hydrogen-bond acceptors (Lipinski definition) is 5. The van der Waals surface area contributed by atoms with E-state index in [0.29, 0.717) is 12.5 Å². The monoisotopic (exact) mass is 372 g/mol. The van der Waals surface area contributed by atoms with Gasteiger partial charge in [0.05, 0.1) is 13.2 Å². The molecule has 1 saturated heterocycles. The molecule has 146 valence electrons. The summed E-state index contributed by atoms with van der Waals surface area (Å²) in [5, 5.41) is 13.4. The Labute approximate surface area is 159 Å². The summed E-state index contributed by atoms with van der Waals surface area (Å²) in [4.78, 5) is 8.45. The van der Waals surface area contributed by atoms with E-state index in [1.54, 1.807) is 7.05 Å². The van der Waals surface area contributed by atoms with Crippen LogP contribution in [-0.4, -0.2) is 61.2 Å². The lowest BCUT2D eigenvalue weighted by Gasteiger charge is -2.13. The summed E-state index contributed by atoms with van der Waals surface area (Å²) in [5.41, 5.74) is 2.16. The van der Waals surface area contributed by atoms with E-state index in [-0.39, 0.29) is 0 Å². The highest BCUT2D eigenvalue weighted by molar-refractivity contribution is 5.79. The van der Waals surface area contributed by atoms with Crippen molar-refractivity contribution in [3.05, 3.63) is 36.2 Å². The molecule has 8 heteroatoms. The zero-order valence-electron chi connectivity index (χ0n) is 15.8. The highest BCUT2D eigenvalue weighted by atomic mass is 16.5. The van der Waals surface area contributed by atoms with Crippen LogP contribution in [0.5, 0.6) is 0 Å². The van der Waals surface area contributed by atoms with Crippen LogP contribution < -0.4 is 10.6 Å². The lowest BCUT2D eigenvalue weighted by Crippen LogP contribution is -2.37. The van der Waals surface area contributed by atoms with Crippen molar-refractivity contribution in [2.75, 3.05) is 40.0 Å². The summed E-state index contributed by atoms with van der Waals surface area (Å²) < 4.78 is 11.1. The Morgan fingerprint density at radius 1 is 1.41 bits per heavy atom. The van der Waals surface area contributed by atoms with E-state index in [1.165, 1.54) is 6.33 Å². The minimum Gasteiger partial charge on any atom is -0.381 e. The van der Waals surface area contributed by atoms with Gasteiger partial charge in [-0.15, -0.1) is 0 Å². The van der Waals surface area contributed by atoms with E-state index in [0.717, 1.165) is 68.7 Å². The van der Waals surface area contributed by atoms with Gasteiger partial charge in [0.15, 0.2) is 11.8 Å². The third-order valence-corrected chi connectivity index (χ3v) is 4.43. The summed E-state index contributed by atoms with van der Waals surface area (Å²) in [6, 6.07) is 8.18. The van der Waals surface area contributed by atoms with Crippen LogP contribution >= 0.6 is 0 Å². The smallest absolute Gasteiger partial charge is 0.191 e. The van der Waals surface area contributed by atoms with Crippen molar-refractivity contribution in [2.24, 2.45) is 10.9 Å². The van der Waals surface area contributed by atoms with E-state index < -0.39 is 0 Å². The van der Waals surface area contributed by atoms with Crippen LogP contribution in [0.4, 0.5) is 0 Å². The predicted molar refractivity (Wildman–Crippen MR) is 104 cm³/mol. The van der Waals surface area contributed by atoms with Gasteiger partial charge in [0, 0.05) is 44.8 Å². The first kappa shape index (κ1) is 19.3. The summed E-state index contributed by atoms with van der Waals surface area (Å²) in [5.74, 6) is 2.12. The number of aromatic amines is 1. The van der Waals surface area contributed by atoms with Gasteiger partial charge in [-0.05, 0) is 24.5 Å². The molecule has 0 radical (unpaired) electrons. The number of ether oxygens (including phenoxy) is 2. The normalized spacial score (nSPS) is 17.2. The maximum atomic E-state index is 5.72. The van der Waals surface area contributed by atoms with Crippen LogP contribution in [0, 0.1) is 5.92 Å². The molecular weight excluding hydrogens is 344 g/mol. The number of benzene rings is 1. The Balaban J connectivity index is 1.33. The minimum atomic E-state index is 0.570. The number of H-pyrrole nitrogens is 1. The van der Waals surface area contributed by atoms with Gasteiger partial charge in [-0.1, -0.05) is 18.2 Å². The number of guanidine groups is 1. The first-order chi connectivity index (χ1) is 13.3. The van der Waals surface area contributed by atoms with Gasteiger partial charge in [-0.3, -0.25) is 10.1 Å². The largest absolute Gasteiger partial charge is 0.381 e. The zero-order valence-corrected chi connectivity index (χ0v) is 15.8. The average Bonchev–Trinajstić information content (AvgIpc) is 3.41. The molecule has 1 aromatic carbocycles. The van der Waals surface area contributed by atoms with Crippen molar-refractivity contribution in [2.45, 2.75) is 19.4 Å². The second-order valence-corrected chi connectivity index (χ2v) is 6.55. The number of hydrogen-bond donors (Lipinski definition) is 3. The molecule has 2 aromatic rings. The van der Waals surface area contributed by atoms with Crippen LogP contribution in [0.15, 0.2) is 35.6 Å². The van der Waals surface area contributed by atoms with Crippen molar-refractivity contribution in [1.82, 2.24) is 25.8 Å². The molecule has 3 N–H and O–H groups in total. The van der Waals surface area contributed by atoms with Crippen molar-refractivity contribution in [3.63, 3.8) is 0 Å². The number of nitrogens with zero attached hydrogens (tertiary/aromatic N) is 3. The fourth-order valence-electron chi connectivity index (χ4n) is 2.93. The molecule has 3 rings (SSSR count). The second-order valence-electron chi connectivity index (χ2n) is 6.55. The number of nitrogens with one attached hydrogen (secondary N) is 3. The molecule has 8 nitrogen and oxygen atoms in total. The summed E-state index contributed by atoms with van der Waals surface area (Å²) >= 11 is 0. The average molecular weight is 372 g/mol. The molecule has 1 aliphatic heterocycles. The Kier molecular flexibility index (Phi) is 7.61. The van der Waals surface area contributed by atoms with Gasteiger partial charge in [-0.25, -0.2) is 4.98 Å². The van der Waals surface area contributed by atoms with Crippen LogP contribution in [0.2, 0.25) is 0 Å². The lowest BCUT2D eigenvalue weighted by atomic mass is 10.1. The Morgan fingerprint density at radius 3 is 3.15 bits per heavy atom. The Hall–Kier alpha value is -2.45. The molecular formula is C19H28N6O2. The van der Waals surface area contributed by atoms with Crippen molar-refractivity contribution < 1.29 is 9.47 Å². The summed E-state index contributed by atoms with van der Waals surface area (Å²) in [7, 11) is 1.77. The van der Waals surface area contributed by atoms with Crippen LogP contribution in [-0.2, 0) is 16.0 Å². The predicted octanol–water partition coefficient (Wildman–Crippen LogP) is 1.58. The molecule has 0 saturated carbocycles. The third kappa shape index (κ3) is 6.33. The lowest BCUT2D eigenvalue weighted by molar-refractivity contribution is 0.0888. The van der Waals surface area contributed by atoms with Gasteiger partial charge < -0.3 is 20.1 Å². The SMILES string of the molecule is CN=C(NCCCOCC1CCOC1)NCc1cccc(-c2ncn[nH]2)c1. The van der Waals surface area contributed by atoms with Crippen LogP contribution in [0.3, 0.4) is 0 Å². The molecule has 0 aliphatic carbocycles. The maximum absolute atomic E-state index is 5.72. The quantitative estimate of drug-likeness (QED) is 0.351. The van der Waals surface area contributed by atoms with Gasteiger partial charge in [-0.2, -0.15) is 5.10 Å². The molecule has 2 heterocycles. The molecule has 1 unspecified atom stereocenters. The first-order valence-electron chi connectivity index (χ1n) is 9.40. The first-order valence-corrected chi connectivity index (χ1v) is 9.40. The van der Waals surface area contributed by atoms with Crippen molar-refractivity contribution >= 4 is 5.96 Å². The van der Waals surface area contributed by atoms with Gasteiger partial charge in [0.25, 0.3) is 0 Å². The molecule has 1 aromatic heterocycles. The molecule has 27 heavy (non-hydrogen) atoms. The zero-order chi connectivity index (χ0) is 18.7. The van der Waals surface area contributed by atoms with E-state index in [2.05, 4.69) is 42.9 Å². The van der Waals surface area contributed by atoms with E-state index >= 15 is 0 Å². The fourth-order valence-corrected chi connectivity index (χ4v) is 2.93. The highest BCUT2D eigenvalue weighted by Gasteiger charge is 2.15. The van der Waals surface area contributed by atoms with Crippen molar-refractivity contribution in [3.8, 4) is 11.4 Å². The van der Waals surface area contributed by atoms with Crippen molar-refractivity contribution in [1.29, 1.82) is 0 Å². The van der Waals surface area contributed by atoms with Crippen LogP contribution in [0.25, 0.3) is 11.4 Å². The topological polar surface area (TPSA) is 96.5 Å². The standard InChI is InChI=1S/C19H28N6O2/c1-20-19(21-7-3-8-26-12-16-6-9-27-13-16)22-11-15-4-2-5-17(10-15)18-23-14-24-25-18/h2,4-5,10,14,16H,3,6-9,11-13H2,1H3,(H2,20,21,22)(H,23,24,25). The molecule has 1 atom stereocenters. The second kappa shape index (κ2) is 10.6. The summed E-state index contributed by atoms with van der Waals surface area (Å²) in [6.07, 6.45) is 3.57. The molecule has 0 spiro atoms. The Morgan fingerprint density at radius 2 is 2.37 bits per heavy atom. The van der Waals surface area contributed by atoms with Gasteiger partial charge >= 0.3 is 0 Å². The molecule has 1 fully saturated rings. The minimum absolute atomic E-state index is 0.570. The van der Waals surface area contributed by atoms with Gasteiger partial charge in [0.1, 0.15) is 6.33 Å². The highest BCUT2D eigenvalue weighted by Crippen LogP contribution is 2.15. The molecule has 1 aliphatic rings. The Bertz CT molecular complexity index is 698. The molecule has 0 bridgehead atoms. The molecule has 0 amide bonds. The third-order valence-electron chi connectivity index (χ3n) is 4.43. The van der Waals surface area contributed by atoms with E-state index in [9.17, 15) is 0 Å². The number of aliphatic imine (C=N–C) groups is 1. The van der Waals surface area contributed by atoms with Gasteiger partial charge in [0.2, 0.25) is 0 Å². The van der Waals surface area contributed by atoms with E-state index in [4.69, 9.17) is 9.47 Å². The fraction of sp³-hybridized carbons (Fsp3) is 0.526. The maximum Gasteiger partial charge on any atom is 0.191 e.